The summed E-state index contributed by atoms with van der Waals surface area (Å²) >= 11 is 0. The van der Waals surface area contributed by atoms with E-state index in [2.05, 4.69) is 35.2 Å². The van der Waals surface area contributed by atoms with Crippen LogP contribution in [0.25, 0.3) is 0 Å². The first kappa shape index (κ1) is 14.6. The van der Waals surface area contributed by atoms with Crippen LogP contribution in [0, 0.1) is 0 Å². The minimum Gasteiger partial charge on any atom is -0.346 e. The summed E-state index contributed by atoms with van der Waals surface area (Å²) in [5.74, 6) is 1.04. The van der Waals surface area contributed by atoms with Gasteiger partial charge in [-0.1, -0.05) is 30.3 Å². The average molecular weight is 286 g/mol. The van der Waals surface area contributed by atoms with Gasteiger partial charge in [-0.25, -0.2) is 0 Å². The van der Waals surface area contributed by atoms with Gasteiger partial charge >= 0.3 is 0 Å². The highest BCUT2D eigenvalue weighted by molar-refractivity contribution is 5.76. The molecule has 3 heteroatoms. The summed E-state index contributed by atoms with van der Waals surface area (Å²) in [6, 6.07) is 11.5. The van der Waals surface area contributed by atoms with Gasteiger partial charge in [0.25, 0.3) is 0 Å². The standard InChI is InChI=1S/C18H26N2O/c1-19-12-11-17(7-8-18(19)21)20-13-9-16(10-14-20)15-5-3-2-4-6-15/h2-6,16-17H,7-14H2,1H3. The fraction of sp³-hybridized carbons (Fsp3) is 0.611. The van der Waals surface area contributed by atoms with Gasteiger partial charge in [-0.2, -0.15) is 0 Å². The quantitative estimate of drug-likeness (QED) is 0.834. The molecular weight excluding hydrogens is 260 g/mol. The third kappa shape index (κ3) is 3.46. The topological polar surface area (TPSA) is 23.6 Å². The predicted molar refractivity (Wildman–Crippen MR) is 85.3 cm³/mol. The summed E-state index contributed by atoms with van der Waals surface area (Å²) in [5, 5.41) is 0. The van der Waals surface area contributed by atoms with Gasteiger partial charge in [-0.15, -0.1) is 0 Å². The van der Waals surface area contributed by atoms with Crippen LogP contribution >= 0.6 is 0 Å². The average Bonchev–Trinajstić information content (AvgIpc) is 2.71. The highest BCUT2D eigenvalue weighted by Gasteiger charge is 2.28. The number of amides is 1. The number of carbonyl (C=O) groups is 1. The van der Waals surface area contributed by atoms with Crippen molar-refractivity contribution in [2.45, 2.75) is 44.1 Å². The van der Waals surface area contributed by atoms with E-state index in [9.17, 15) is 4.79 Å². The van der Waals surface area contributed by atoms with Crippen LogP contribution in [0.1, 0.15) is 43.6 Å². The van der Waals surface area contributed by atoms with Gasteiger partial charge in [-0.3, -0.25) is 4.79 Å². The molecule has 0 bridgehead atoms. The highest BCUT2D eigenvalue weighted by atomic mass is 16.2. The molecule has 0 radical (unpaired) electrons. The Bertz CT molecular complexity index is 465. The van der Waals surface area contributed by atoms with Crippen LogP contribution in [-0.4, -0.2) is 48.4 Å². The fourth-order valence-electron chi connectivity index (χ4n) is 3.78. The molecule has 0 spiro atoms. The molecule has 0 N–H and O–H groups in total. The molecule has 2 saturated heterocycles. The third-order valence-electron chi connectivity index (χ3n) is 5.23. The molecule has 3 rings (SSSR count). The normalized spacial score (nSPS) is 25.9. The Hall–Kier alpha value is -1.35. The number of benzene rings is 1. The molecule has 0 saturated carbocycles. The maximum Gasteiger partial charge on any atom is 0.222 e. The van der Waals surface area contributed by atoms with E-state index in [1.807, 2.05) is 11.9 Å². The van der Waals surface area contributed by atoms with Crippen LogP contribution in [0.5, 0.6) is 0 Å². The second-order valence-electron chi connectivity index (χ2n) is 6.52. The molecule has 114 valence electrons. The number of hydrogen-bond acceptors (Lipinski definition) is 2. The molecule has 2 heterocycles. The summed E-state index contributed by atoms with van der Waals surface area (Å²) in [6.07, 6.45) is 5.41. The van der Waals surface area contributed by atoms with E-state index < -0.39 is 0 Å². The Morgan fingerprint density at radius 2 is 1.67 bits per heavy atom. The summed E-state index contributed by atoms with van der Waals surface area (Å²) in [4.78, 5) is 16.3. The van der Waals surface area contributed by atoms with Gasteiger partial charge in [0.1, 0.15) is 0 Å². The van der Waals surface area contributed by atoms with Crippen molar-refractivity contribution in [3.8, 4) is 0 Å². The summed E-state index contributed by atoms with van der Waals surface area (Å²) in [7, 11) is 1.94. The molecular formula is C18H26N2O. The molecule has 2 aliphatic rings. The largest absolute Gasteiger partial charge is 0.346 e. The molecule has 2 aliphatic heterocycles. The minimum absolute atomic E-state index is 0.316. The van der Waals surface area contributed by atoms with Crippen LogP contribution < -0.4 is 0 Å². The summed E-state index contributed by atoms with van der Waals surface area (Å²) < 4.78 is 0. The van der Waals surface area contributed by atoms with Gasteiger partial charge in [0, 0.05) is 26.1 Å². The van der Waals surface area contributed by atoms with E-state index in [1.165, 1.54) is 31.5 Å². The van der Waals surface area contributed by atoms with Crippen molar-refractivity contribution in [1.29, 1.82) is 0 Å². The summed E-state index contributed by atoms with van der Waals surface area (Å²) in [5.41, 5.74) is 1.49. The van der Waals surface area contributed by atoms with Crippen molar-refractivity contribution in [3.63, 3.8) is 0 Å². The van der Waals surface area contributed by atoms with E-state index in [4.69, 9.17) is 0 Å². The van der Waals surface area contributed by atoms with E-state index >= 15 is 0 Å². The predicted octanol–water partition coefficient (Wildman–Crippen LogP) is 2.88. The number of rotatable bonds is 2. The van der Waals surface area contributed by atoms with E-state index in [0.29, 0.717) is 11.9 Å². The van der Waals surface area contributed by atoms with Gasteiger partial charge in [0.05, 0.1) is 0 Å². The molecule has 0 aromatic heterocycles. The lowest BCUT2D eigenvalue weighted by Crippen LogP contribution is -2.41. The molecule has 3 nitrogen and oxygen atoms in total. The zero-order valence-electron chi connectivity index (χ0n) is 13.0. The van der Waals surface area contributed by atoms with Crippen molar-refractivity contribution in [2.24, 2.45) is 0 Å². The molecule has 21 heavy (non-hydrogen) atoms. The molecule has 1 atom stereocenters. The molecule has 1 unspecified atom stereocenters. The van der Waals surface area contributed by atoms with Gasteiger partial charge in [0.15, 0.2) is 0 Å². The monoisotopic (exact) mass is 286 g/mol. The third-order valence-corrected chi connectivity index (χ3v) is 5.23. The Labute approximate surface area is 127 Å². The maximum atomic E-state index is 11.8. The lowest BCUT2D eigenvalue weighted by Gasteiger charge is -2.37. The number of likely N-dealkylation sites (tertiary alicyclic amines) is 2. The Morgan fingerprint density at radius 3 is 2.38 bits per heavy atom. The van der Waals surface area contributed by atoms with Crippen molar-refractivity contribution in [1.82, 2.24) is 9.80 Å². The Kier molecular flexibility index (Phi) is 4.59. The first-order chi connectivity index (χ1) is 10.2. The number of piperidine rings is 1. The number of nitrogens with zero attached hydrogens (tertiary/aromatic N) is 2. The molecule has 2 fully saturated rings. The fourth-order valence-corrected chi connectivity index (χ4v) is 3.78. The zero-order valence-corrected chi connectivity index (χ0v) is 13.0. The molecule has 1 aromatic carbocycles. The van der Waals surface area contributed by atoms with E-state index in [0.717, 1.165) is 31.7 Å². The number of hydrogen-bond donors (Lipinski definition) is 0. The second-order valence-corrected chi connectivity index (χ2v) is 6.52. The second kappa shape index (κ2) is 6.61. The first-order valence-electron chi connectivity index (χ1n) is 8.27. The molecule has 1 amide bonds. The molecule has 0 aliphatic carbocycles. The van der Waals surface area contributed by atoms with Gasteiger partial charge in [-0.05, 0) is 50.3 Å². The van der Waals surface area contributed by atoms with Crippen LogP contribution in [0.15, 0.2) is 30.3 Å². The minimum atomic E-state index is 0.316. The smallest absolute Gasteiger partial charge is 0.222 e. The van der Waals surface area contributed by atoms with Crippen LogP contribution in [0.2, 0.25) is 0 Å². The highest BCUT2D eigenvalue weighted by Crippen LogP contribution is 2.30. The van der Waals surface area contributed by atoms with E-state index in [-0.39, 0.29) is 0 Å². The lowest BCUT2D eigenvalue weighted by atomic mass is 9.88. The Morgan fingerprint density at radius 1 is 0.952 bits per heavy atom. The maximum absolute atomic E-state index is 11.8. The van der Waals surface area contributed by atoms with Gasteiger partial charge < -0.3 is 9.80 Å². The number of carbonyl (C=O) groups excluding carboxylic acids is 1. The van der Waals surface area contributed by atoms with Crippen molar-refractivity contribution < 1.29 is 4.79 Å². The Balaban J connectivity index is 1.55. The van der Waals surface area contributed by atoms with E-state index in [1.54, 1.807) is 0 Å². The van der Waals surface area contributed by atoms with Crippen molar-refractivity contribution >= 4 is 5.91 Å². The van der Waals surface area contributed by atoms with Crippen LogP contribution in [-0.2, 0) is 4.79 Å². The summed E-state index contributed by atoms with van der Waals surface area (Å²) in [6.45, 7) is 3.28. The van der Waals surface area contributed by atoms with Crippen LogP contribution in [0.4, 0.5) is 0 Å². The lowest BCUT2D eigenvalue weighted by molar-refractivity contribution is -0.129. The zero-order chi connectivity index (χ0) is 14.7. The first-order valence-corrected chi connectivity index (χ1v) is 8.27. The SMILES string of the molecule is CN1CCC(N2CCC(c3ccccc3)CC2)CCC1=O. The van der Waals surface area contributed by atoms with Crippen molar-refractivity contribution in [2.75, 3.05) is 26.7 Å². The van der Waals surface area contributed by atoms with Gasteiger partial charge in [0.2, 0.25) is 5.91 Å². The molecule has 1 aromatic rings. The van der Waals surface area contributed by atoms with Crippen molar-refractivity contribution in [3.05, 3.63) is 35.9 Å². The van der Waals surface area contributed by atoms with Crippen LogP contribution in [0.3, 0.4) is 0 Å².